The highest BCUT2D eigenvalue weighted by molar-refractivity contribution is 5.88. The highest BCUT2D eigenvalue weighted by Gasteiger charge is 2.31. The third kappa shape index (κ3) is 8.23. The maximum Gasteiger partial charge on any atom is 0.261 e. The largest absolute Gasteiger partial charge is 0.484 e. The molecule has 1 N–H and O–H groups in total. The first kappa shape index (κ1) is 26.4. The summed E-state index contributed by atoms with van der Waals surface area (Å²) >= 11 is 0. The van der Waals surface area contributed by atoms with E-state index in [2.05, 4.69) is 26.1 Å². The molecule has 0 aliphatic carbocycles. The molecule has 0 fully saturated rings. The third-order valence-corrected chi connectivity index (χ3v) is 5.40. The van der Waals surface area contributed by atoms with Crippen molar-refractivity contribution in [2.75, 3.05) is 6.61 Å². The van der Waals surface area contributed by atoms with E-state index in [0.29, 0.717) is 18.7 Å². The zero-order valence-corrected chi connectivity index (χ0v) is 21.5. The number of benzene rings is 2. The molecule has 0 spiro atoms. The smallest absolute Gasteiger partial charge is 0.261 e. The van der Waals surface area contributed by atoms with Gasteiger partial charge in [0.2, 0.25) is 5.91 Å². The van der Waals surface area contributed by atoms with Crippen LogP contribution in [0.2, 0.25) is 0 Å². The van der Waals surface area contributed by atoms with Crippen LogP contribution in [0.3, 0.4) is 0 Å². The van der Waals surface area contributed by atoms with E-state index in [0.717, 1.165) is 11.1 Å². The van der Waals surface area contributed by atoms with Crippen LogP contribution >= 0.6 is 0 Å². The van der Waals surface area contributed by atoms with Gasteiger partial charge in [-0.3, -0.25) is 9.59 Å². The second-order valence-corrected chi connectivity index (χ2v) is 10.7. The Morgan fingerprint density at radius 1 is 1.00 bits per heavy atom. The third-order valence-electron chi connectivity index (χ3n) is 5.40. The summed E-state index contributed by atoms with van der Waals surface area (Å²) in [5, 5.41) is 3.02. The lowest BCUT2D eigenvalue weighted by Gasteiger charge is -2.33. The van der Waals surface area contributed by atoms with Crippen molar-refractivity contribution in [2.45, 2.75) is 85.4 Å². The molecule has 2 aromatic carbocycles. The van der Waals surface area contributed by atoms with E-state index in [1.807, 2.05) is 83.1 Å². The van der Waals surface area contributed by atoms with E-state index in [4.69, 9.17) is 4.74 Å². The van der Waals surface area contributed by atoms with E-state index in [1.165, 1.54) is 5.56 Å². The van der Waals surface area contributed by atoms with Crippen LogP contribution in [0.25, 0.3) is 0 Å². The fourth-order valence-corrected chi connectivity index (χ4v) is 3.66. The van der Waals surface area contributed by atoms with Gasteiger partial charge in [0.05, 0.1) is 0 Å². The molecule has 5 nitrogen and oxygen atoms in total. The molecule has 0 saturated heterocycles. The molecule has 2 amide bonds. The summed E-state index contributed by atoms with van der Waals surface area (Å²) in [6.45, 7) is 16.5. The van der Waals surface area contributed by atoms with Crippen LogP contribution in [0.1, 0.15) is 71.6 Å². The van der Waals surface area contributed by atoms with Gasteiger partial charge in [-0.05, 0) is 62.8 Å². The summed E-state index contributed by atoms with van der Waals surface area (Å²) in [5.74, 6) is 0.270. The molecular formula is C28H40N2O3. The fraction of sp³-hybridized carbons (Fsp3) is 0.500. The Kier molecular flexibility index (Phi) is 8.70. The molecule has 33 heavy (non-hydrogen) atoms. The van der Waals surface area contributed by atoms with Crippen LogP contribution in [0.5, 0.6) is 5.75 Å². The van der Waals surface area contributed by atoms with Gasteiger partial charge in [-0.2, -0.15) is 0 Å². The normalized spacial score (nSPS) is 12.7. The van der Waals surface area contributed by atoms with Gasteiger partial charge in [0.15, 0.2) is 6.61 Å². The van der Waals surface area contributed by atoms with E-state index in [1.54, 1.807) is 4.90 Å². The number of amides is 2. The lowest BCUT2D eigenvalue weighted by atomic mass is 9.87. The molecule has 0 aliphatic heterocycles. The molecule has 1 unspecified atom stereocenters. The van der Waals surface area contributed by atoms with Gasteiger partial charge < -0.3 is 15.0 Å². The minimum Gasteiger partial charge on any atom is -0.484 e. The highest BCUT2D eigenvalue weighted by atomic mass is 16.5. The van der Waals surface area contributed by atoms with Gasteiger partial charge in [-0.15, -0.1) is 0 Å². The number of nitrogens with one attached hydrogen (secondary N) is 1. The van der Waals surface area contributed by atoms with Gasteiger partial charge in [0.1, 0.15) is 11.8 Å². The zero-order valence-electron chi connectivity index (χ0n) is 21.5. The molecule has 0 aliphatic rings. The van der Waals surface area contributed by atoms with Gasteiger partial charge in [0.25, 0.3) is 5.91 Å². The summed E-state index contributed by atoms with van der Waals surface area (Å²) in [6, 6.07) is 15.3. The van der Waals surface area contributed by atoms with Crippen molar-refractivity contribution in [1.29, 1.82) is 0 Å². The van der Waals surface area contributed by atoms with E-state index in [9.17, 15) is 9.59 Å². The molecule has 1 atom stereocenters. The molecule has 0 bridgehead atoms. The first-order valence-electron chi connectivity index (χ1n) is 11.7. The van der Waals surface area contributed by atoms with E-state index < -0.39 is 6.04 Å². The van der Waals surface area contributed by atoms with E-state index >= 15 is 0 Å². The maximum atomic E-state index is 13.3. The average molecular weight is 453 g/mol. The van der Waals surface area contributed by atoms with Crippen LogP contribution in [-0.4, -0.2) is 34.9 Å². The Morgan fingerprint density at radius 3 is 2.15 bits per heavy atom. The number of ether oxygens (including phenoxy) is 1. The number of hydrogen-bond acceptors (Lipinski definition) is 3. The molecule has 0 aromatic heterocycles. The Hall–Kier alpha value is -2.82. The number of carbonyl (C=O) groups is 2. The highest BCUT2D eigenvalue weighted by Crippen LogP contribution is 2.24. The standard InChI is InChI=1S/C28H40N2O3/c1-9-24(26(32)29-28(6,7)8)30(18-21-12-10-11-20(2)17-21)25(31)19-33-23-15-13-22(14-16-23)27(3,4)5/h10-17,24H,9,18-19H2,1-8H3,(H,29,32). The van der Waals surface area contributed by atoms with Crippen LogP contribution < -0.4 is 10.1 Å². The second-order valence-electron chi connectivity index (χ2n) is 10.7. The van der Waals surface area contributed by atoms with Gasteiger partial charge in [-0.25, -0.2) is 0 Å². The second kappa shape index (κ2) is 10.9. The first-order chi connectivity index (χ1) is 15.3. The summed E-state index contributed by atoms with van der Waals surface area (Å²) in [6.07, 6.45) is 0.514. The van der Waals surface area contributed by atoms with Crippen molar-refractivity contribution in [2.24, 2.45) is 0 Å². The summed E-state index contributed by atoms with van der Waals surface area (Å²) < 4.78 is 5.83. The van der Waals surface area contributed by atoms with Crippen molar-refractivity contribution >= 4 is 11.8 Å². The maximum absolute atomic E-state index is 13.3. The van der Waals surface area contributed by atoms with Gasteiger partial charge in [0, 0.05) is 12.1 Å². The molecule has 0 radical (unpaired) electrons. The Labute approximate surface area is 199 Å². The molecule has 5 heteroatoms. The minimum absolute atomic E-state index is 0.0493. The van der Waals surface area contributed by atoms with Gasteiger partial charge >= 0.3 is 0 Å². The topological polar surface area (TPSA) is 58.6 Å². The number of nitrogens with zero attached hydrogens (tertiary/aromatic N) is 1. The fourth-order valence-electron chi connectivity index (χ4n) is 3.66. The SMILES string of the molecule is CCC(C(=O)NC(C)(C)C)N(Cc1cccc(C)c1)C(=O)COc1ccc(C(C)(C)C)cc1. The van der Waals surface area contributed by atoms with Crippen molar-refractivity contribution < 1.29 is 14.3 Å². The molecule has 180 valence electrons. The molecule has 2 aromatic rings. The van der Waals surface area contributed by atoms with Crippen molar-refractivity contribution in [3.63, 3.8) is 0 Å². The summed E-state index contributed by atoms with van der Waals surface area (Å²) in [5.41, 5.74) is 2.97. The average Bonchev–Trinajstić information content (AvgIpc) is 2.70. The Morgan fingerprint density at radius 2 is 1.64 bits per heavy atom. The van der Waals surface area contributed by atoms with E-state index in [-0.39, 0.29) is 29.4 Å². The number of aryl methyl sites for hydroxylation is 1. The Balaban J connectivity index is 2.22. The molecular weight excluding hydrogens is 412 g/mol. The summed E-state index contributed by atoms with van der Waals surface area (Å²) in [7, 11) is 0. The van der Waals surface area contributed by atoms with Crippen LogP contribution in [0.4, 0.5) is 0 Å². The zero-order chi connectivity index (χ0) is 24.8. The molecule has 2 rings (SSSR count). The molecule has 0 saturated carbocycles. The summed E-state index contributed by atoms with van der Waals surface area (Å²) in [4.78, 5) is 28.0. The number of rotatable bonds is 8. The van der Waals surface area contributed by atoms with Crippen molar-refractivity contribution in [3.8, 4) is 5.75 Å². The predicted octanol–water partition coefficient (Wildman–Crippen LogP) is 5.39. The number of hydrogen-bond donors (Lipinski definition) is 1. The monoisotopic (exact) mass is 452 g/mol. The first-order valence-corrected chi connectivity index (χ1v) is 11.7. The lowest BCUT2D eigenvalue weighted by molar-refractivity contribution is -0.143. The van der Waals surface area contributed by atoms with Crippen LogP contribution in [0.15, 0.2) is 48.5 Å². The van der Waals surface area contributed by atoms with Gasteiger partial charge in [-0.1, -0.05) is 69.7 Å². The Bertz CT molecular complexity index is 937. The lowest BCUT2D eigenvalue weighted by Crippen LogP contribution is -2.54. The minimum atomic E-state index is -0.580. The van der Waals surface area contributed by atoms with Crippen molar-refractivity contribution in [3.05, 3.63) is 65.2 Å². The van der Waals surface area contributed by atoms with Crippen molar-refractivity contribution in [1.82, 2.24) is 10.2 Å². The predicted molar refractivity (Wildman–Crippen MR) is 134 cm³/mol. The number of carbonyl (C=O) groups excluding carboxylic acids is 2. The van der Waals surface area contributed by atoms with Crippen LogP contribution in [0, 0.1) is 6.92 Å². The molecule has 0 heterocycles. The quantitative estimate of drug-likeness (QED) is 0.584. The van der Waals surface area contributed by atoms with Crippen LogP contribution in [-0.2, 0) is 21.5 Å².